The van der Waals surface area contributed by atoms with Crippen LogP contribution < -0.4 is 10.2 Å². The molecule has 2 amide bonds. The average molecular weight is 458 g/mol. The molecule has 0 aliphatic carbocycles. The van der Waals surface area contributed by atoms with Crippen LogP contribution in [0.3, 0.4) is 0 Å². The monoisotopic (exact) mass is 457 g/mol. The van der Waals surface area contributed by atoms with Crippen LogP contribution in [0.2, 0.25) is 0 Å². The topological polar surface area (TPSA) is 96.9 Å². The van der Waals surface area contributed by atoms with Crippen LogP contribution in [-0.2, 0) is 27.4 Å². The van der Waals surface area contributed by atoms with E-state index in [-0.39, 0.29) is 24.0 Å². The molecular formula is C23H28FN5O4. The summed E-state index contributed by atoms with van der Waals surface area (Å²) >= 11 is 0. The summed E-state index contributed by atoms with van der Waals surface area (Å²) in [5.41, 5.74) is 1.43. The number of nitrogens with zero attached hydrogens (tertiary/aromatic N) is 4. The summed E-state index contributed by atoms with van der Waals surface area (Å²) in [5, 5.41) is 2.43. The van der Waals surface area contributed by atoms with E-state index in [9.17, 15) is 14.0 Å². The molecule has 0 bridgehead atoms. The number of carbonyl (C=O) groups is 2. The number of anilines is 2. The van der Waals surface area contributed by atoms with Gasteiger partial charge in [0.25, 0.3) is 0 Å². The highest BCUT2D eigenvalue weighted by Crippen LogP contribution is 2.35. The molecule has 0 saturated carbocycles. The summed E-state index contributed by atoms with van der Waals surface area (Å²) in [6, 6.07) is 4.42. The molecule has 176 valence electrons. The predicted octanol–water partition coefficient (Wildman–Crippen LogP) is 3.33. The van der Waals surface area contributed by atoms with Crippen molar-refractivity contribution in [1.82, 2.24) is 14.9 Å². The first-order valence-electron chi connectivity index (χ1n) is 10.9. The van der Waals surface area contributed by atoms with Gasteiger partial charge in [-0.1, -0.05) is 0 Å². The Morgan fingerprint density at radius 1 is 1.30 bits per heavy atom. The fourth-order valence-electron chi connectivity index (χ4n) is 3.95. The summed E-state index contributed by atoms with van der Waals surface area (Å²) in [6.45, 7) is 9.78. The number of nitrogens with one attached hydrogen (secondary N) is 1. The van der Waals surface area contributed by atoms with Crippen LogP contribution in [0.1, 0.15) is 39.0 Å². The lowest BCUT2D eigenvalue weighted by Gasteiger charge is -2.35. The summed E-state index contributed by atoms with van der Waals surface area (Å²) in [4.78, 5) is 36.5. The number of aromatic nitrogens is 2. The minimum absolute atomic E-state index is 0.0604. The van der Waals surface area contributed by atoms with Gasteiger partial charge in [0.15, 0.2) is 5.82 Å². The smallest absolute Gasteiger partial charge is 0.410 e. The summed E-state index contributed by atoms with van der Waals surface area (Å²) in [6.07, 6.45) is 0.0577. The quantitative estimate of drug-likeness (QED) is 0.704. The second-order valence-corrected chi connectivity index (χ2v) is 9.21. The Labute approximate surface area is 191 Å². The molecular weight excluding hydrogens is 429 g/mol. The molecule has 2 aromatic rings. The van der Waals surface area contributed by atoms with Crippen molar-refractivity contribution in [2.45, 2.75) is 52.4 Å². The number of morpholine rings is 1. The summed E-state index contributed by atoms with van der Waals surface area (Å²) in [5.74, 6) is 0.347. The van der Waals surface area contributed by atoms with Crippen LogP contribution in [0.4, 0.5) is 20.7 Å². The van der Waals surface area contributed by atoms with Crippen molar-refractivity contribution in [3.63, 3.8) is 0 Å². The Kier molecular flexibility index (Phi) is 6.20. The molecule has 2 aliphatic heterocycles. The number of hydrogen-bond donors (Lipinski definition) is 1. The zero-order chi connectivity index (χ0) is 23.8. The van der Waals surface area contributed by atoms with Gasteiger partial charge < -0.3 is 19.7 Å². The van der Waals surface area contributed by atoms with Crippen molar-refractivity contribution in [2.75, 3.05) is 30.0 Å². The number of rotatable bonds is 4. The van der Waals surface area contributed by atoms with E-state index in [0.29, 0.717) is 49.9 Å². The predicted molar refractivity (Wildman–Crippen MR) is 120 cm³/mol. The first kappa shape index (κ1) is 22.9. The molecule has 1 fully saturated rings. The first-order valence-corrected chi connectivity index (χ1v) is 10.9. The number of benzene rings is 1. The molecule has 1 unspecified atom stereocenters. The molecule has 0 spiro atoms. The number of fused-ring (bicyclic) bond motifs is 1. The van der Waals surface area contributed by atoms with Crippen molar-refractivity contribution < 1.29 is 23.5 Å². The third-order valence-corrected chi connectivity index (χ3v) is 5.49. The van der Waals surface area contributed by atoms with Gasteiger partial charge in [0.2, 0.25) is 6.41 Å². The second kappa shape index (κ2) is 8.93. The molecule has 1 saturated heterocycles. The highest BCUT2D eigenvalue weighted by atomic mass is 19.1. The van der Waals surface area contributed by atoms with Gasteiger partial charge in [-0.3, -0.25) is 9.69 Å². The normalized spacial score (nSPS) is 18.2. The average Bonchev–Trinajstić information content (AvgIpc) is 3.17. The van der Waals surface area contributed by atoms with Gasteiger partial charge in [-0.15, -0.1) is 0 Å². The van der Waals surface area contributed by atoms with Gasteiger partial charge in [-0.25, -0.2) is 19.2 Å². The van der Waals surface area contributed by atoms with Crippen molar-refractivity contribution in [3.8, 4) is 11.4 Å². The highest BCUT2D eigenvalue weighted by molar-refractivity contribution is 5.74. The van der Waals surface area contributed by atoms with E-state index >= 15 is 0 Å². The summed E-state index contributed by atoms with van der Waals surface area (Å²) < 4.78 is 26.0. The third kappa shape index (κ3) is 4.90. The van der Waals surface area contributed by atoms with E-state index in [2.05, 4.69) is 15.2 Å². The lowest BCUT2D eigenvalue weighted by atomic mass is 10.1. The van der Waals surface area contributed by atoms with Crippen LogP contribution in [0.25, 0.3) is 11.4 Å². The molecule has 2 aliphatic rings. The molecule has 3 heterocycles. The maximum absolute atomic E-state index is 14.9. The first-order chi connectivity index (χ1) is 15.7. The lowest BCUT2D eigenvalue weighted by molar-refractivity contribution is -0.105. The molecule has 4 rings (SSSR count). The number of hydrogen-bond acceptors (Lipinski definition) is 7. The molecule has 10 heteroatoms. The van der Waals surface area contributed by atoms with Crippen molar-refractivity contribution in [3.05, 3.63) is 35.3 Å². The van der Waals surface area contributed by atoms with Gasteiger partial charge >= 0.3 is 6.09 Å². The Hall–Kier alpha value is -3.27. The lowest BCUT2D eigenvalue weighted by Crippen LogP contribution is -2.44. The van der Waals surface area contributed by atoms with Crippen LogP contribution in [-0.4, -0.2) is 58.8 Å². The van der Waals surface area contributed by atoms with E-state index in [1.807, 2.05) is 27.7 Å². The highest BCUT2D eigenvalue weighted by Gasteiger charge is 2.34. The Bertz CT molecular complexity index is 1070. The minimum atomic E-state index is -0.620. The number of amides is 2. The third-order valence-electron chi connectivity index (χ3n) is 5.49. The molecule has 1 aromatic heterocycles. The van der Waals surface area contributed by atoms with Gasteiger partial charge in [0.05, 0.1) is 43.6 Å². The van der Waals surface area contributed by atoms with Gasteiger partial charge in [0.1, 0.15) is 17.2 Å². The zero-order valence-electron chi connectivity index (χ0n) is 19.2. The molecule has 1 atom stereocenters. The Balaban J connectivity index is 1.74. The number of halogens is 1. The van der Waals surface area contributed by atoms with Gasteiger partial charge in [-0.05, 0) is 45.9 Å². The van der Waals surface area contributed by atoms with Crippen LogP contribution in [0.5, 0.6) is 0 Å². The van der Waals surface area contributed by atoms with Crippen molar-refractivity contribution >= 4 is 24.0 Å². The maximum atomic E-state index is 14.9. The molecule has 33 heavy (non-hydrogen) atoms. The number of carbonyl (C=O) groups excluding carboxylic acids is 2. The SMILES string of the molecule is CC1COCCN1c1nc(-c2ccc(NC=O)cc2F)nc2c1CN(C(=O)OC(C)(C)C)C2. The van der Waals surface area contributed by atoms with Crippen molar-refractivity contribution in [1.29, 1.82) is 0 Å². The van der Waals surface area contributed by atoms with E-state index in [4.69, 9.17) is 14.5 Å². The summed E-state index contributed by atoms with van der Waals surface area (Å²) in [7, 11) is 0. The fourth-order valence-corrected chi connectivity index (χ4v) is 3.95. The zero-order valence-corrected chi connectivity index (χ0v) is 19.2. The van der Waals surface area contributed by atoms with Crippen LogP contribution in [0.15, 0.2) is 18.2 Å². The van der Waals surface area contributed by atoms with E-state index in [1.54, 1.807) is 11.0 Å². The van der Waals surface area contributed by atoms with Gasteiger partial charge in [-0.2, -0.15) is 0 Å². The maximum Gasteiger partial charge on any atom is 0.410 e. The molecule has 9 nitrogen and oxygen atoms in total. The van der Waals surface area contributed by atoms with Crippen LogP contribution >= 0.6 is 0 Å². The Morgan fingerprint density at radius 3 is 2.76 bits per heavy atom. The second-order valence-electron chi connectivity index (χ2n) is 9.21. The fraction of sp³-hybridized carbons (Fsp3) is 0.478. The van der Waals surface area contributed by atoms with Gasteiger partial charge in [0, 0.05) is 17.8 Å². The van der Waals surface area contributed by atoms with Crippen molar-refractivity contribution in [2.24, 2.45) is 0 Å². The molecule has 1 N–H and O–H groups in total. The minimum Gasteiger partial charge on any atom is -0.444 e. The number of ether oxygens (including phenoxy) is 2. The molecule has 1 aromatic carbocycles. The van der Waals surface area contributed by atoms with Crippen LogP contribution in [0, 0.1) is 5.82 Å². The van der Waals surface area contributed by atoms with E-state index in [0.717, 1.165) is 5.56 Å². The van der Waals surface area contributed by atoms with E-state index < -0.39 is 17.5 Å². The van der Waals surface area contributed by atoms with E-state index in [1.165, 1.54) is 12.1 Å². The Morgan fingerprint density at radius 2 is 2.09 bits per heavy atom. The largest absolute Gasteiger partial charge is 0.444 e. The standard InChI is InChI=1S/C23H28FN5O4/c1-14-12-32-8-7-29(14)21-17-10-28(22(31)33-23(2,3)4)11-19(17)26-20(27-21)16-6-5-15(25-13-30)9-18(16)24/h5-6,9,13-14H,7-8,10-12H2,1-4H3,(H,25,30). The molecule has 0 radical (unpaired) electrons.